The van der Waals surface area contributed by atoms with Gasteiger partial charge in [0.25, 0.3) is 0 Å². The van der Waals surface area contributed by atoms with Crippen molar-refractivity contribution in [3.8, 4) is 0 Å². The Hall–Kier alpha value is -1.68. The lowest BCUT2D eigenvalue weighted by molar-refractivity contribution is 0.476. The zero-order valence-corrected chi connectivity index (χ0v) is 24.7. The van der Waals surface area contributed by atoms with Gasteiger partial charge < -0.3 is 0 Å². The number of hydrogen-bond acceptors (Lipinski definition) is 0. The lowest BCUT2D eigenvalue weighted by Gasteiger charge is -2.20. The highest BCUT2D eigenvalue weighted by molar-refractivity contribution is 6.31. The van der Waals surface area contributed by atoms with Crippen LogP contribution in [0.3, 0.4) is 0 Å². The van der Waals surface area contributed by atoms with Crippen molar-refractivity contribution in [2.75, 3.05) is 0 Å². The van der Waals surface area contributed by atoms with Crippen LogP contribution in [-0.4, -0.2) is 0 Å². The average molecular weight is 560 g/mol. The zero-order chi connectivity index (χ0) is 28.1. The first-order chi connectivity index (χ1) is 16.3. The molecule has 0 aliphatic heterocycles. The molecule has 0 nitrogen and oxygen atoms in total. The number of rotatable bonds is 0. The first-order valence-corrected chi connectivity index (χ1v) is 12.7. The maximum Gasteiger partial charge on any atom is 0.148 e. The van der Waals surface area contributed by atoms with E-state index >= 15 is 0 Å². The Labute approximate surface area is 229 Å². The summed E-state index contributed by atoms with van der Waals surface area (Å²) >= 11 is 17.0. The summed E-state index contributed by atoms with van der Waals surface area (Å²) in [5, 5.41) is 0.978. The Morgan fingerprint density at radius 2 is 1.08 bits per heavy atom. The van der Waals surface area contributed by atoms with Gasteiger partial charge in [0, 0.05) is 10.6 Å². The summed E-state index contributed by atoms with van der Waals surface area (Å²) < 4.78 is 40.0. The molecule has 0 aliphatic rings. The molecule has 0 atom stereocenters. The normalized spacial score (nSPS) is 11.8. The lowest BCUT2D eigenvalue weighted by atomic mass is 9.86. The second-order valence-electron chi connectivity index (χ2n) is 11.6. The highest BCUT2D eigenvalue weighted by Crippen LogP contribution is 2.31. The van der Waals surface area contributed by atoms with Crippen LogP contribution in [0.5, 0.6) is 0 Å². The molecule has 0 fully saturated rings. The summed E-state index contributed by atoms with van der Waals surface area (Å²) in [5.74, 6) is -1.50. The number of halogens is 6. The minimum absolute atomic E-state index is 0.0358. The van der Waals surface area contributed by atoms with Crippen LogP contribution in [0, 0.1) is 17.5 Å². The predicted octanol–water partition coefficient (Wildman–Crippen LogP) is 11.3. The van der Waals surface area contributed by atoms with E-state index in [1.54, 1.807) is 39.0 Å². The lowest BCUT2D eigenvalue weighted by Crippen LogP contribution is -2.16. The Kier molecular flexibility index (Phi) is 11.4. The number of benzene rings is 3. The van der Waals surface area contributed by atoms with Crippen molar-refractivity contribution in [1.29, 1.82) is 0 Å². The highest BCUT2D eigenvalue weighted by Gasteiger charge is 2.24. The van der Waals surface area contributed by atoms with E-state index in [0.29, 0.717) is 5.56 Å². The molecule has 36 heavy (non-hydrogen) atoms. The van der Waals surface area contributed by atoms with E-state index in [1.165, 1.54) is 17.7 Å². The Bertz CT molecular complexity index is 1150. The van der Waals surface area contributed by atoms with Gasteiger partial charge in [0.1, 0.15) is 17.5 Å². The van der Waals surface area contributed by atoms with Gasteiger partial charge in [-0.25, -0.2) is 13.2 Å². The molecule has 0 bridgehead atoms. The molecule has 0 spiro atoms. The minimum Gasteiger partial charge on any atom is -0.207 e. The van der Waals surface area contributed by atoms with Crippen LogP contribution in [0.4, 0.5) is 13.2 Å². The first kappa shape index (κ1) is 32.3. The van der Waals surface area contributed by atoms with Crippen LogP contribution < -0.4 is 0 Å². The first-order valence-electron chi connectivity index (χ1n) is 11.6. The largest absolute Gasteiger partial charge is 0.207 e. The molecular weight excluding hydrogens is 524 g/mol. The molecule has 0 amide bonds. The standard InChI is InChI=1S/C10H11ClF2.C10H12ClF.C10H13Cl/c1-10(2,3)8-7(12)5-4-6(11)9(8)13;1-10(2,3)7-5-4-6-8(11)9(7)12;1-10(2,3)8-5-4-6-9(11)7-8/h4-5H,1-3H3;4-6H,1-3H3;4-7H,1-3H3. The molecule has 3 aromatic carbocycles. The van der Waals surface area contributed by atoms with Crippen LogP contribution in [0.1, 0.15) is 79.0 Å². The van der Waals surface area contributed by atoms with E-state index < -0.39 is 17.0 Å². The van der Waals surface area contributed by atoms with Crippen LogP contribution >= 0.6 is 34.8 Å². The summed E-state index contributed by atoms with van der Waals surface area (Å²) in [6, 6.07) is 15.5. The molecule has 0 aromatic heterocycles. The van der Waals surface area contributed by atoms with Gasteiger partial charge >= 0.3 is 0 Å². The smallest absolute Gasteiger partial charge is 0.148 e. The topological polar surface area (TPSA) is 0 Å². The van der Waals surface area contributed by atoms with Crippen molar-refractivity contribution >= 4 is 34.8 Å². The third-order valence-electron chi connectivity index (χ3n) is 5.24. The quantitative estimate of drug-likeness (QED) is 0.240. The summed E-state index contributed by atoms with van der Waals surface area (Å²) in [5.41, 5.74) is 1.43. The predicted molar refractivity (Wildman–Crippen MR) is 150 cm³/mol. The summed E-state index contributed by atoms with van der Waals surface area (Å²) in [7, 11) is 0. The minimum atomic E-state index is -0.658. The van der Waals surface area contributed by atoms with Crippen LogP contribution in [0.25, 0.3) is 0 Å². The van der Waals surface area contributed by atoms with Gasteiger partial charge in [0.15, 0.2) is 0 Å². The monoisotopic (exact) mass is 558 g/mol. The van der Waals surface area contributed by atoms with Crippen molar-refractivity contribution in [1.82, 2.24) is 0 Å². The molecular formula is C30H36Cl3F3. The molecule has 0 saturated heterocycles. The van der Waals surface area contributed by atoms with Crippen molar-refractivity contribution in [3.05, 3.63) is 104 Å². The second kappa shape index (κ2) is 12.7. The molecule has 198 valence electrons. The van der Waals surface area contributed by atoms with Crippen LogP contribution in [0.2, 0.25) is 15.1 Å². The van der Waals surface area contributed by atoms with Gasteiger partial charge in [-0.1, -0.05) is 121 Å². The van der Waals surface area contributed by atoms with Gasteiger partial charge in [-0.3, -0.25) is 0 Å². The molecule has 0 aliphatic carbocycles. The Balaban J connectivity index is 0.000000271. The fourth-order valence-electron chi connectivity index (χ4n) is 3.25. The summed E-state index contributed by atoms with van der Waals surface area (Å²) in [6.07, 6.45) is 0. The van der Waals surface area contributed by atoms with Crippen LogP contribution in [0.15, 0.2) is 54.6 Å². The van der Waals surface area contributed by atoms with Crippen molar-refractivity contribution < 1.29 is 13.2 Å². The van der Waals surface area contributed by atoms with E-state index in [-0.39, 0.29) is 32.3 Å². The Morgan fingerprint density at radius 3 is 1.47 bits per heavy atom. The summed E-state index contributed by atoms with van der Waals surface area (Å²) in [4.78, 5) is 0. The van der Waals surface area contributed by atoms with Gasteiger partial charge in [-0.2, -0.15) is 0 Å². The van der Waals surface area contributed by atoms with E-state index in [1.807, 2.05) is 39.0 Å². The number of hydrogen-bond donors (Lipinski definition) is 0. The highest BCUT2D eigenvalue weighted by atomic mass is 35.5. The molecule has 0 heterocycles. The summed E-state index contributed by atoms with van der Waals surface area (Å²) in [6.45, 7) is 17.6. The fraction of sp³-hybridized carbons (Fsp3) is 0.400. The maximum absolute atomic E-state index is 13.4. The van der Waals surface area contributed by atoms with Gasteiger partial charge in [0.2, 0.25) is 0 Å². The van der Waals surface area contributed by atoms with Crippen molar-refractivity contribution in [2.24, 2.45) is 0 Å². The van der Waals surface area contributed by atoms with E-state index in [9.17, 15) is 13.2 Å². The van der Waals surface area contributed by atoms with E-state index in [2.05, 4.69) is 26.8 Å². The van der Waals surface area contributed by atoms with E-state index in [0.717, 1.165) is 5.02 Å². The average Bonchev–Trinajstić information content (AvgIpc) is 2.71. The molecule has 0 radical (unpaired) electrons. The van der Waals surface area contributed by atoms with Gasteiger partial charge in [-0.15, -0.1) is 0 Å². The zero-order valence-electron chi connectivity index (χ0n) is 22.5. The van der Waals surface area contributed by atoms with Gasteiger partial charge in [0.05, 0.1) is 10.0 Å². The Morgan fingerprint density at radius 1 is 0.556 bits per heavy atom. The fourth-order valence-corrected chi connectivity index (χ4v) is 3.77. The van der Waals surface area contributed by atoms with Gasteiger partial charge in [-0.05, 0) is 57.7 Å². The third-order valence-corrected chi connectivity index (χ3v) is 6.06. The molecule has 0 N–H and O–H groups in total. The second-order valence-corrected chi connectivity index (χ2v) is 12.8. The molecule has 0 unspecified atom stereocenters. The molecule has 6 heteroatoms. The maximum atomic E-state index is 13.4. The van der Waals surface area contributed by atoms with Crippen LogP contribution in [-0.2, 0) is 16.2 Å². The van der Waals surface area contributed by atoms with E-state index in [4.69, 9.17) is 34.8 Å². The van der Waals surface area contributed by atoms with Crippen molar-refractivity contribution in [3.63, 3.8) is 0 Å². The SMILES string of the molecule is CC(C)(C)c1c(F)ccc(Cl)c1F.CC(C)(C)c1cccc(Cl)c1.CC(C)(C)c1cccc(Cl)c1F. The molecule has 0 saturated carbocycles. The molecule has 3 aromatic rings. The third kappa shape index (κ3) is 9.65. The van der Waals surface area contributed by atoms with Crippen molar-refractivity contribution in [2.45, 2.75) is 78.6 Å². The molecule has 3 rings (SSSR count).